The van der Waals surface area contributed by atoms with Crippen molar-refractivity contribution in [2.45, 2.75) is 26.7 Å². The van der Waals surface area contributed by atoms with Crippen LogP contribution < -0.4 is 51.4 Å². The van der Waals surface area contributed by atoms with E-state index in [0.717, 1.165) is 12.8 Å². The first-order valence-electron chi connectivity index (χ1n) is 4.25. The van der Waals surface area contributed by atoms with Gasteiger partial charge in [-0.3, -0.25) is 0 Å². The summed E-state index contributed by atoms with van der Waals surface area (Å²) in [5.74, 6) is 0. The minimum atomic E-state index is 0. The number of hydrogen-bond acceptors (Lipinski definition) is 1. The Balaban J connectivity index is 0.00000144. The van der Waals surface area contributed by atoms with E-state index in [0.29, 0.717) is 5.56 Å². The summed E-state index contributed by atoms with van der Waals surface area (Å²) in [4.78, 5) is 10.3. The van der Waals surface area contributed by atoms with Crippen molar-refractivity contribution in [3.8, 4) is 0 Å². The monoisotopic (exact) mass is 200 g/mol. The van der Waals surface area contributed by atoms with Crippen LogP contribution in [-0.2, 0) is 11.2 Å². The average molecular weight is 200 g/mol. The Morgan fingerprint density at radius 2 is 2.08 bits per heavy atom. The van der Waals surface area contributed by atoms with Gasteiger partial charge in [0.2, 0.25) is 0 Å². The van der Waals surface area contributed by atoms with Crippen LogP contribution in [0.1, 0.15) is 30.0 Å². The Morgan fingerprint density at radius 3 is 2.54 bits per heavy atom. The van der Waals surface area contributed by atoms with Gasteiger partial charge in [-0.2, -0.15) is 17.7 Å². The molecule has 0 amide bonds. The van der Waals surface area contributed by atoms with Gasteiger partial charge >= 0.3 is 51.4 Å². The summed E-state index contributed by atoms with van der Waals surface area (Å²) in [6, 6.07) is 5.72. The summed E-state index contributed by atoms with van der Waals surface area (Å²) in [6.45, 7) is 4.19. The molecule has 1 aromatic rings. The van der Waals surface area contributed by atoms with Crippen LogP contribution in [0.4, 0.5) is 0 Å². The largest absolute Gasteiger partial charge is 1.00 e. The third-order valence-electron chi connectivity index (χ3n) is 1.98. The molecule has 2 heteroatoms. The van der Waals surface area contributed by atoms with E-state index in [9.17, 15) is 4.79 Å². The predicted octanol–water partition coefficient (Wildman–Crippen LogP) is -0.591. The predicted molar refractivity (Wildman–Crippen MR) is 50.0 cm³/mol. The molecule has 1 aromatic carbocycles. The first-order chi connectivity index (χ1) is 5.77. The molecule has 64 valence electrons. The van der Waals surface area contributed by atoms with Crippen LogP contribution in [0.3, 0.4) is 0 Å². The fourth-order valence-corrected chi connectivity index (χ4v) is 1.31. The molecule has 0 unspecified atom stereocenters. The minimum absolute atomic E-state index is 0. The molecule has 0 saturated heterocycles. The van der Waals surface area contributed by atoms with Crippen LogP contribution in [0.15, 0.2) is 18.2 Å². The quantitative estimate of drug-likeness (QED) is 0.471. The first kappa shape index (κ1) is 13.5. The third kappa shape index (κ3) is 4.04. The molecule has 0 bridgehead atoms. The molecule has 0 aliphatic rings. The van der Waals surface area contributed by atoms with E-state index in [1.165, 1.54) is 11.1 Å². The van der Waals surface area contributed by atoms with E-state index in [4.69, 9.17) is 0 Å². The molecule has 0 radical (unpaired) electrons. The van der Waals surface area contributed by atoms with Gasteiger partial charge in [0.05, 0.1) is 6.29 Å². The number of benzene rings is 1. The van der Waals surface area contributed by atoms with E-state index in [1.807, 2.05) is 31.4 Å². The molecule has 1 rings (SSSR count). The molecule has 0 spiro atoms. The zero-order valence-electron chi connectivity index (χ0n) is 8.55. The van der Waals surface area contributed by atoms with Crippen molar-refractivity contribution < 1.29 is 56.2 Å². The number of hydrogen-bond donors (Lipinski definition) is 0. The second-order valence-corrected chi connectivity index (χ2v) is 2.99. The Kier molecular flexibility index (Phi) is 7.18. The molecular weight excluding hydrogens is 187 g/mol. The molecule has 13 heavy (non-hydrogen) atoms. The Labute approximate surface area is 122 Å². The smallest absolute Gasteiger partial charge is 0.376 e. The Morgan fingerprint density at radius 1 is 1.38 bits per heavy atom. The first-order valence-corrected chi connectivity index (χ1v) is 4.25. The normalized spacial score (nSPS) is 9.08. The second kappa shape index (κ2) is 6.90. The van der Waals surface area contributed by atoms with Crippen molar-refractivity contribution in [2.75, 3.05) is 0 Å². The minimum Gasteiger partial charge on any atom is -0.376 e. The Bertz CT molecular complexity index is 281. The molecule has 0 atom stereocenters. The number of rotatable bonds is 3. The van der Waals surface area contributed by atoms with Gasteiger partial charge in [0.1, 0.15) is 0 Å². The fourth-order valence-electron chi connectivity index (χ4n) is 1.31. The number of aryl methyl sites for hydroxylation is 2. The fraction of sp³-hybridized carbons (Fsp3) is 0.364. The summed E-state index contributed by atoms with van der Waals surface area (Å²) in [5.41, 5.74) is 3.17. The maximum Gasteiger partial charge on any atom is 1.00 e. The molecule has 0 fully saturated rings. The van der Waals surface area contributed by atoms with Crippen molar-refractivity contribution in [1.29, 1.82) is 0 Å². The summed E-state index contributed by atoms with van der Waals surface area (Å²) >= 11 is 0. The summed E-state index contributed by atoms with van der Waals surface area (Å²) in [6.07, 6.45) is 4.12. The molecule has 0 aliphatic heterocycles. The third-order valence-corrected chi connectivity index (χ3v) is 1.98. The van der Waals surface area contributed by atoms with Gasteiger partial charge < -0.3 is 4.79 Å². The summed E-state index contributed by atoms with van der Waals surface area (Å²) in [7, 11) is 0. The van der Waals surface area contributed by atoms with Gasteiger partial charge in [0.25, 0.3) is 0 Å². The van der Waals surface area contributed by atoms with E-state index in [2.05, 4.69) is 6.92 Å². The van der Waals surface area contributed by atoms with Crippen molar-refractivity contribution in [1.82, 2.24) is 0 Å². The Hall–Kier alpha value is 0.526. The number of carbonyl (C=O) groups excluding carboxylic acids is 1. The van der Waals surface area contributed by atoms with E-state index >= 15 is 0 Å². The second-order valence-electron chi connectivity index (χ2n) is 2.99. The topological polar surface area (TPSA) is 17.1 Å². The molecular formula is C11H13KO. The van der Waals surface area contributed by atoms with Crippen LogP contribution in [-0.4, -0.2) is 6.29 Å². The van der Waals surface area contributed by atoms with Gasteiger partial charge in [-0.05, 0) is 6.42 Å². The van der Waals surface area contributed by atoms with Crippen LogP contribution in [0.5, 0.6) is 0 Å². The van der Waals surface area contributed by atoms with Gasteiger partial charge in [-0.1, -0.05) is 25.8 Å². The molecule has 0 saturated carbocycles. The molecule has 0 heterocycles. The van der Waals surface area contributed by atoms with Crippen molar-refractivity contribution in [3.63, 3.8) is 0 Å². The van der Waals surface area contributed by atoms with Gasteiger partial charge in [0, 0.05) is 0 Å². The van der Waals surface area contributed by atoms with Crippen LogP contribution in [0, 0.1) is 6.92 Å². The van der Waals surface area contributed by atoms with E-state index < -0.39 is 0 Å². The van der Waals surface area contributed by atoms with Crippen molar-refractivity contribution in [3.05, 3.63) is 34.9 Å². The van der Waals surface area contributed by atoms with Crippen molar-refractivity contribution >= 4 is 6.29 Å². The molecule has 0 aliphatic carbocycles. The standard InChI is InChI=1S/C11H13O.K/c1-3-4-11-6-5-10(8-12)7-9(11)2;/h5-7H,3-4H2,1-2H3;/q-1;+1. The molecule has 1 nitrogen and oxygen atoms in total. The zero-order valence-corrected chi connectivity index (χ0v) is 11.7. The summed E-state index contributed by atoms with van der Waals surface area (Å²) < 4.78 is 0. The van der Waals surface area contributed by atoms with E-state index in [-0.39, 0.29) is 51.4 Å². The molecule has 0 N–H and O–H groups in total. The van der Waals surface area contributed by atoms with Crippen LogP contribution in [0.25, 0.3) is 0 Å². The maximum absolute atomic E-state index is 10.3. The SMILES string of the molecule is CCCc1ccc([C-]=O)cc1C.[K+]. The maximum atomic E-state index is 10.3. The van der Waals surface area contributed by atoms with Crippen LogP contribution >= 0.6 is 0 Å². The van der Waals surface area contributed by atoms with Crippen LogP contribution in [0.2, 0.25) is 0 Å². The van der Waals surface area contributed by atoms with Gasteiger partial charge in [0.15, 0.2) is 0 Å². The van der Waals surface area contributed by atoms with E-state index in [1.54, 1.807) is 0 Å². The van der Waals surface area contributed by atoms with Crippen molar-refractivity contribution in [2.24, 2.45) is 0 Å². The van der Waals surface area contributed by atoms with Gasteiger partial charge in [-0.25, -0.2) is 0 Å². The zero-order chi connectivity index (χ0) is 8.97. The summed E-state index contributed by atoms with van der Waals surface area (Å²) in [5, 5.41) is 0. The van der Waals surface area contributed by atoms with Gasteiger partial charge in [-0.15, -0.1) is 11.6 Å². The average Bonchev–Trinajstić information content (AvgIpc) is 2.09. The molecule has 0 aromatic heterocycles.